The highest BCUT2D eigenvalue weighted by molar-refractivity contribution is 6.29. The molecule has 2 heterocycles. The lowest BCUT2D eigenvalue weighted by Gasteiger charge is -2.20. The number of rotatable bonds is 2. The summed E-state index contributed by atoms with van der Waals surface area (Å²) in [7, 11) is 1.97. The molecular weight excluding hydrogens is 288 g/mol. The molecule has 0 unspecified atom stereocenters. The van der Waals surface area contributed by atoms with Crippen LogP contribution in [0.15, 0.2) is 48.8 Å². The minimum Gasteiger partial charge on any atom is -0.351 e. The zero-order chi connectivity index (χ0) is 15.0. The van der Waals surface area contributed by atoms with Crippen LogP contribution in [0.4, 0.5) is 16.2 Å². The summed E-state index contributed by atoms with van der Waals surface area (Å²) in [5, 5.41) is 1.39. The number of amides is 2. The maximum atomic E-state index is 11.8. The minimum atomic E-state index is -0.575. The van der Waals surface area contributed by atoms with Crippen LogP contribution in [0, 0.1) is 0 Å². The van der Waals surface area contributed by atoms with E-state index in [1.54, 1.807) is 12.1 Å². The van der Waals surface area contributed by atoms with Gasteiger partial charge in [-0.2, -0.15) is 0 Å². The van der Waals surface area contributed by atoms with E-state index in [9.17, 15) is 4.79 Å². The van der Waals surface area contributed by atoms with E-state index in [-0.39, 0.29) is 0 Å². The fourth-order valence-electron chi connectivity index (χ4n) is 2.31. The van der Waals surface area contributed by atoms with Crippen LogP contribution in [0.2, 0.25) is 5.15 Å². The Morgan fingerprint density at radius 3 is 2.67 bits per heavy atom. The number of fused-ring (bicyclic) bond motifs is 1. The first-order chi connectivity index (χ1) is 10.1. The molecule has 0 atom stereocenters. The van der Waals surface area contributed by atoms with Gasteiger partial charge in [-0.1, -0.05) is 11.6 Å². The maximum Gasteiger partial charge on any atom is 0.323 e. The van der Waals surface area contributed by atoms with E-state index < -0.39 is 6.03 Å². The largest absolute Gasteiger partial charge is 0.351 e. The number of hydrogen-bond acceptors (Lipinski definition) is 2. The first-order valence-corrected chi connectivity index (χ1v) is 6.70. The van der Waals surface area contributed by atoms with Gasteiger partial charge in [0.25, 0.3) is 0 Å². The molecular formula is C15H13ClN4O. The summed E-state index contributed by atoms with van der Waals surface area (Å²) in [6.07, 6.45) is 3.48. The number of urea groups is 1. The van der Waals surface area contributed by atoms with E-state index in [0.29, 0.717) is 16.5 Å². The topological polar surface area (TPSA) is 64.2 Å². The Labute approximate surface area is 126 Å². The van der Waals surface area contributed by atoms with Gasteiger partial charge >= 0.3 is 6.03 Å². The second kappa shape index (κ2) is 5.10. The number of anilines is 2. The van der Waals surface area contributed by atoms with E-state index in [1.165, 1.54) is 11.1 Å². The number of aromatic nitrogens is 2. The number of halogens is 1. The lowest BCUT2D eigenvalue weighted by atomic mass is 10.2. The molecule has 1 aromatic carbocycles. The molecule has 0 spiro atoms. The van der Waals surface area contributed by atoms with Gasteiger partial charge in [0, 0.05) is 24.1 Å². The zero-order valence-corrected chi connectivity index (χ0v) is 12.1. The Hall–Kier alpha value is -2.53. The Morgan fingerprint density at radius 2 is 2.00 bits per heavy atom. The van der Waals surface area contributed by atoms with Crippen LogP contribution >= 0.6 is 11.6 Å². The monoisotopic (exact) mass is 300 g/mol. The van der Waals surface area contributed by atoms with Crippen molar-refractivity contribution in [3.8, 4) is 0 Å². The number of carbonyl (C=O) groups is 1. The van der Waals surface area contributed by atoms with Gasteiger partial charge in [0.2, 0.25) is 0 Å². The highest BCUT2D eigenvalue weighted by Gasteiger charge is 2.16. The average molecular weight is 301 g/mol. The molecule has 0 bridgehead atoms. The third-order valence-electron chi connectivity index (χ3n) is 3.32. The van der Waals surface area contributed by atoms with Crippen LogP contribution in [-0.4, -0.2) is 15.6 Å². The fourth-order valence-corrected chi connectivity index (χ4v) is 2.42. The zero-order valence-electron chi connectivity index (χ0n) is 11.3. The molecule has 0 saturated heterocycles. The predicted molar refractivity (Wildman–Crippen MR) is 83.9 cm³/mol. The quantitative estimate of drug-likeness (QED) is 0.737. The number of nitrogens with zero attached hydrogens (tertiary/aromatic N) is 3. The molecule has 0 aliphatic rings. The van der Waals surface area contributed by atoms with E-state index >= 15 is 0 Å². The van der Waals surface area contributed by atoms with Crippen molar-refractivity contribution in [2.24, 2.45) is 12.8 Å². The van der Waals surface area contributed by atoms with Crippen molar-refractivity contribution in [3.63, 3.8) is 0 Å². The molecule has 2 amide bonds. The van der Waals surface area contributed by atoms with Crippen LogP contribution in [0.3, 0.4) is 0 Å². The van der Waals surface area contributed by atoms with Crippen LogP contribution < -0.4 is 10.6 Å². The first-order valence-electron chi connectivity index (χ1n) is 6.32. The molecule has 3 aromatic rings. The molecule has 3 rings (SSSR count). The summed E-state index contributed by atoms with van der Waals surface area (Å²) in [4.78, 5) is 17.2. The SMILES string of the molecule is Cn1ccc2cc(N(C(N)=O)c3ccc(Cl)nc3)ccc21. The Morgan fingerprint density at radius 1 is 1.24 bits per heavy atom. The fraction of sp³-hybridized carbons (Fsp3) is 0.0667. The average Bonchev–Trinajstić information content (AvgIpc) is 2.82. The van der Waals surface area contributed by atoms with Gasteiger partial charge in [0.1, 0.15) is 5.15 Å². The second-order valence-electron chi connectivity index (χ2n) is 4.68. The van der Waals surface area contributed by atoms with Gasteiger partial charge in [-0.3, -0.25) is 4.90 Å². The first kappa shape index (κ1) is 13.5. The Balaban J connectivity index is 2.10. The minimum absolute atomic E-state index is 0.363. The van der Waals surface area contributed by atoms with E-state index in [1.807, 2.05) is 42.1 Å². The summed E-state index contributed by atoms with van der Waals surface area (Å²) < 4.78 is 2.01. The number of benzene rings is 1. The maximum absolute atomic E-state index is 11.8. The normalized spacial score (nSPS) is 10.8. The molecule has 2 N–H and O–H groups in total. The molecule has 6 heteroatoms. The van der Waals surface area contributed by atoms with Crippen molar-refractivity contribution < 1.29 is 4.79 Å². The standard InChI is InChI=1S/C15H13ClN4O/c1-19-7-6-10-8-11(2-4-13(10)19)20(15(17)21)12-3-5-14(16)18-9-12/h2-9H,1H3,(H2,17,21). The molecule has 0 radical (unpaired) electrons. The molecule has 0 aliphatic carbocycles. The summed E-state index contributed by atoms with van der Waals surface area (Å²) in [6, 6.07) is 10.4. The van der Waals surface area contributed by atoms with Crippen molar-refractivity contribution in [2.75, 3.05) is 4.90 Å². The summed E-state index contributed by atoms with van der Waals surface area (Å²) in [6.45, 7) is 0. The predicted octanol–water partition coefficient (Wildman–Crippen LogP) is 3.44. The van der Waals surface area contributed by atoms with Crippen molar-refractivity contribution in [1.82, 2.24) is 9.55 Å². The molecule has 0 fully saturated rings. The van der Waals surface area contributed by atoms with Gasteiger partial charge in [0.15, 0.2) is 0 Å². The van der Waals surface area contributed by atoms with Gasteiger partial charge < -0.3 is 10.3 Å². The van der Waals surface area contributed by atoms with Crippen LogP contribution in [0.1, 0.15) is 0 Å². The molecule has 0 saturated carbocycles. The number of nitrogens with two attached hydrogens (primary N) is 1. The number of hydrogen-bond donors (Lipinski definition) is 1. The lowest BCUT2D eigenvalue weighted by Crippen LogP contribution is -2.31. The van der Waals surface area contributed by atoms with Crippen molar-refractivity contribution in [1.29, 1.82) is 0 Å². The summed E-state index contributed by atoms with van der Waals surface area (Å²) in [5.74, 6) is 0. The number of pyridine rings is 1. The number of primary amides is 1. The lowest BCUT2D eigenvalue weighted by molar-refractivity contribution is 0.256. The van der Waals surface area contributed by atoms with Crippen molar-refractivity contribution in [3.05, 3.63) is 53.9 Å². The van der Waals surface area contributed by atoms with Gasteiger partial charge in [-0.05, 0) is 36.4 Å². The summed E-state index contributed by atoms with van der Waals surface area (Å²) in [5.41, 5.74) is 7.85. The Kier molecular flexibility index (Phi) is 3.27. The smallest absolute Gasteiger partial charge is 0.323 e. The van der Waals surface area contributed by atoms with Gasteiger partial charge in [0.05, 0.1) is 17.6 Å². The highest BCUT2D eigenvalue weighted by atomic mass is 35.5. The highest BCUT2D eigenvalue weighted by Crippen LogP contribution is 2.28. The van der Waals surface area contributed by atoms with E-state index in [2.05, 4.69) is 4.98 Å². The Bertz CT molecular complexity index is 810. The van der Waals surface area contributed by atoms with Crippen LogP contribution in [0.5, 0.6) is 0 Å². The second-order valence-corrected chi connectivity index (χ2v) is 5.07. The molecule has 2 aromatic heterocycles. The third kappa shape index (κ3) is 2.43. The van der Waals surface area contributed by atoms with Crippen molar-refractivity contribution >= 4 is 39.9 Å². The van der Waals surface area contributed by atoms with Crippen LogP contribution in [-0.2, 0) is 7.05 Å². The molecule has 0 aliphatic heterocycles. The van der Waals surface area contributed by atoms with E-state index in [0.717, 1.165) is 10.9 Å². The van der Waals surface area contributed by atoms with Gasteiger partial charge in [-0.15, -0.1) is 0 Å². The molecule has 5 nitrogen and oxygen atoms in total. The van der Waals surface area contributed by atoms with Gasteiger partial charge in [-0.25, -0.2) is 9.78 Å². The molecule has 21 heavy (non-hydrogen) atoms. The molecule has 106 valence electrons. The number of aryl methyl sites for hydroxylation is 1. The van der Waals surface area contributed by atoms with Crippen molar-refractivity contribution in [2.45, 2.75) is 0 Å². The number of carbonyl (C=O) groups excluding carboxylic acids is 1. The third-order valence-corrected chi connectivity index (χ3v) is 3.54. The summed E-state index contributed by atoms with van der Waals surface area (Å²) >= 11 is 5.77. The van der Waals surface area contributed by atoms with Crippen LogP contribution in [0.25, 0.3) is 10.9 Å². The van der Waals surface area contributed by atoms with E-state index in [4.69, 9.17) is 17.3 Å².